The minimum atomic E-state index is -0.738. The molecule has 0 spiro atoms. The third kappa shape index (κ3) is 7.23. The standard InChI is InChI=1S/C22H28FNO/c1-2-18-8-10-20(11-9-18)17-25-22-14-12-19(13-15-22)6-4-3-5-7-21(23)16-24/h3,5,7-11,19,22H,2,4,6,12-15,17H2,1H3. The van der Waals surface area contributed by atoms with Crippen LogP contribution in [0.4, 0.5) is 4.39 Å². The van der Waals surface area contributed by atoms with E-state index in [1.54, 1.807) is 6.08 Å². The third-order valence-corrected chi connectivity index (χ3v) is 4.94. The van der Waals surface area contributed by atoms with Crippen LogP contribution >= 0.6 is 0 Å². The number of nitrogens with zero attached hydrogens (tertiary/aromatic N) is 1. The molecule has 0 heterocycles. The molecule has 1 fully saturated rings. The number of halogens is 1. The van der Waals surface area contributed by atoms with Crippen LogP contribution in [0.3, 0.4) is 0 Å². The van der Waals surface area contributed by atoms with Crippen molar-refractivity contribution in [1.82, 2.24) is 0 Å². The fourth-order valence-corrected chi connectivity index (χ4v) is 3.29. The van der Waals surface area contributed by atoms with Gasteiger partial charge in [0, 0.05) is 0 Å². The van der Waals surface area contributed by atoms with Crippen molar-refractivity contribution in [3.8, 4) is 6.07 Å². The van der Waals surface area contributed by atoms with Crippen molar-refractivity contribution in [2.24, 2.45) is 5.92 Å². The molecule has 1 aliphatic carbocycles. The molecular weight excluding hydrogens is 313 g/mol. The molecule has 0 amide bonds. The number of ether oxygens (including phenoxy) is 1. The molecule has 25 heavy (non-hydrogen) atoms. The van der Waals surface area contributed by atoms with Crippen LogP contribution in [-0.2, 0) is 17.8 Å². The van der Waals surface area contributed by atoms with Gasteiger partial charge in [0.2, 0.25) is 0 Å². The Morgan fingerprint density at radius 1 is 1.20 bits per heavy atom. The zero-order chi connectivity index (χ0) is 17.9. The van der Waals surface area contributed by atoms with E-state index in [1.165, 1.54) is 36.1 Å². The first-order valence-electron chi connectivity index (χ1n) is 9.33. The summed E-state index contributed by atoms with van der Waals surface area (Å²) in [5.74, 6) is -0.00336. The van der Waals surface area contributed by atoms with Crippen LogP contribution in [0.2, 0.25) is 0 Å². The molecule has 134 valence electrons. The van der Waals surface area contributed by atoms with E-state index in [1.807, 2.05) is 6.08 Å². The predicted molar refractivity (Wildman–Crippen MR) is 99.5 cm³/mol. The van der Waals surface area contributed by atoms with Gasteiger partial charge in [0.25, 0.3) is 0 Å². The fourth-order valence-electron chi connectivity index (χ4n) is 3.29. The van der Waals surface area contributed by atoms with Crippen LogP contribution in [0.1, 0.15) is 56.6 Å². The smallest absolute Gasteiger partial charge is 0.199 e. The summed E-state index contributed by atoms with van der Waals surface area (Å²) in [6.07, 6.45) is 13.0. The predicted octanol–water partition coefficient (Wildman–Crippen LogP) is 6.04. The lowest BCUT2D eigenvalue weighted by atomic mass is 9.84. The number of aryl methyl sites for hydroxylation is 1. The van der Waals surface area contributed by atoms with Crippen LogP contribution in [-0.4, -0.2) is 6.10 Å². The quantitative estimate of drug-likeness (QED) is 0.427. The van der Waals surface area contributed by atoms with E-state index >= 15 is 0 Å². The van der Waals surface area contributed by atoms with Gasteiger partial charge in [0.15, 0.2) is 5.83 Å². The Morgan fingerprint density at radius 3 is 2.52 bits per heavy atom. The van der Waals surface area contributed by atoms with Crippen molar-refractivity contribution in [2.75, 3.05) is 0 Å². The van der Waals surface area contributed by atoms with Crippen molar-refractivity contribution >= 4 is 0 Å². The average Bonchev–Trinajstić information content (AvgIpc) is 2.67. The number of hydrogen-bond donors (Lipinski definition) is 0. The van der Waals surface area contributed by atoms with Crippen LogP contribution in [0.5, 0.6) is 0 Å². The number of benzene rings is 1. The van der Waals surface area contributed by atoms with Crippen molar-refractivity contribution in [1.29, 1.82) is 5.26 Å². The van der Waals surface area contributed by atoms with Gasteiger partial charge in [-0.3, -0.25) is 0 Å². The molecule has 0 radical (unpaired) electrons. The number of hydrogen-bond acceptors (Lipinski definition) is 2. The van der Waals surface area contributed by atoms with E-state index in [0.717, 1.165) is 38.0 Å². The van der Waals surface area contributed by atoms with Gasteiger partial charge in [-0.1, -0.05) is 43.3 Å². The average molecular weight is 341 g/mol. The molecule has 0 aromatic heterocycles. The van der Waals surface area contributed by atoms with E-state index < -0.39 is 5.83 Å². The maximum Gasteiger partial charge on any atom is 0.199 e. The second-order valence-electron chi connectivity index (χ2n) is 6.76. The lowest BCUT2D eigenvalue weighted by Gasteiger charge is -2.28. The highest BCUT2D eigenvalue weighted by atomic mass is 19.1. The van der Waals surface area contributed by atoms with Crippen molar-refractivity contribution in [3.05, 3.63) is 59.4 Å². The van der Waals surface area contributed by atoms with Gasteiger partial charge in [-0.05, 0) is 68.1 Å². The molecule has 2 nitrogen and oxygen atoms in total. The maximum atomic E-state index is 12.6. The second-order valence-corrected chi connectivity index (χ2v) is 6.76. The summed E-state index contributed by atoms with van der Waals surface area (Å²) in [6, 6.07) is 10.2. The Balaban J connectivity index is 1.62. The highest BCUT2D eigenvalue weighted by Crippen LogP contribution is 2.30. The van der Waals surface area contributed by atoms with Gasteiger partial charge in [-0.15, -0.1) is 0 Å². The highest BCUT2D eigenvalue weighted by molar-refractivity contribution is 5.22. The Kier molecular flexibility index (Phi) is 8.42. The Bertz CT molecular complexity index is 604. The fraction of sp³-hybridized carbons (Fsp3) is 0.500. The summed E-state index contributed by atoms with van der Waals surface area (Å²) in [5, 5.41) is 8.32. The maximum absolute atomic E-state index is 12.6. The molecule has 1 aromatic carbocycles. The summed E-state index contributed by atoms with van der Waals surface area (Å²) < 4.78 is 18.7. The van der Waals surface area contributed by atoms with Crippen LogP contribution < -0.4 is 0 Å². The first-order valence-corrected chi connectivity index (χ1v) is 9.33. The topological polar surface area (TPSA) is 33.0 Å². The number of nitriles is 1. The third-order valence-electron chi connectivity index (χ3n) is 4.94. The molecule has 1 saturated carbocycles. The lowest BCUT2D eigenvalue weighted by Crippen LogP contribution is -2.21. The van der Waals surface area contributed by atoms with E-state index in [-0.39, 0.29) is 0 Å². The molecule has 0 saturated heterocycles. The molecular formula is C22H28FNO. The van der Waals surface area contributed by atoms with Crippen LogP contribution in [0.25, 0.3) is 0 Å². The van der Waals surface area contributed by atoms with E-state index in [2.05, 4.69) is 31.2 Å². The minimum absolute atomic E-state index is 0.380. The zero-order valence-electron chi connectivity index (χ0n) is 15.1. The Hall–Kier alpha value is -1.92. The van der Waals surface area contributed by atoms with E-state index in [9.17, 15) is 4.39 Å². The summed E-state index contributed by atoms with van der Waals surface area (Å²) in [4.78, 5) is 0. The summed E-state index contributed by atoms with van der Waals surface area (Å²) >= 11 is 0. The Labute approximate surface area is 151 Å². The SMILES string of the molecule is CCc1ccc(COC2CCC(CCC=CC=C(F)C#N)CC2)cc1. The normalized spacial score (nSPS) is 21.4. The molecule has 0 aliphatic heterocycles. The van der Waals surface area contributed by atoms with Gasteiger partial charge in [-0.25, -0.2) is 0 Å². The van der Waals surface area contributed by atoms with E-state index in [0.29, 0.717) is 12.7 Å². The second kappa shape index (κ2) is 10.8. The van der Waals surface area contributed by atoms with Gasteiger partial charge in [0.05, 0.1) is 12.7 Å². The van der Waals surface area contributed by atoms with Gasteiger partial charge < -0.3 is 4.74 Å². The summed E-state index contributed by atoms with van der Waals surface area (Å²) in [6.45, 7) is 2.87. The largest absolute Gasteiger partial charge is 0.374 e. The summed E-state index contributed by atoms with van der Waals surface area (Å²) in [5.41, 5.74) is 2.62. The van der Waals surface area contributed by atoms with E-state index in [4.69, 9.17) is 10.00 Å². The lowest BCUT2D eigenvalue weighted by molar-refractivity contribution is 0.00646. The molecule has 0 N–H and O–H groups in total. The molecule has 1 aromatic rings. The van der Waals surface area contributed by atoms with Crippen molar-refractivity contribution in [3.63, 3.8) is 0 Å². The number of allylic oxidation sites excluding steroid dienone is 4. The zero-order valence-corrected chi connectivity index (χ0v) is 15.1. The molecule has 3 heteroatoms. The molecule has 2 rings (SSSR count). The van der Waals surface area contributed by atoms with Crippen molar-refractivity contribution < 1.29 is 9.13 Å². The molecule has 0 unspecified atom stereocenters. The van der Waals surface area contributed by atoms with Crippen LogP contribution in [0.15, 0.2) is 48.3 Å². The molecule has 0 bridgehead atoms. The van der Waals surface area contributed by atoms with Crippen LogP contribution in [0, 0.1) is 17.2 Å². The first-order chi connectivity index (χ1) is 12.2. The van der Waals surface area contributed by atoms with Crippen molar-refractivity contribution in [2.45, 2.75) is 64.6 Å². The van der Waals surface area contributed by atoms with Gasteiger partial charge in [-0.2, -0.15) is 9.65 Å². The minimum Gasteiger partial charge on any atom is -0.374 e. The van der Waals surface area contributed by atoms with Gasteiger partial charge in [0.1, 0.15) is 6.07 Å². The highest BCUT2D eigenvalue weighted by Gasteiger charge is 2.21. The first kappa shape index (κ1) is 19.4. The molecule has 0 atom stereocenters. The Morgan fingerprint density at radius 2 is 1.88 bits per heavy atom. The number of rotatable bonds is 8. The molecule has 1 aliphatic rings. The summed E-state index contributed by atoms with van der Waals surface area (Å²) in [7, 11) is 0. The monoisotopic (exact) mass is 341 g/mol. The van der Waals surface area contributed by atoms with Gasteiger partial charge >= 0.3 is 0 Å².